The van der Waals surface area contributed by atoms with Gasteiger partial charge in [0.25, 0.3) is 5.95 Å². The SMILES string of the molecule is COc1cc(CNn2nnnc2N)ccc1OCc1ccc(Cl)cc1Cl. The highest BCUT2D eigenvalue weighted by molar-refractivity contribution is 6.35. The lowest BCUT2D eigenvalue weighted by Gasteiger charge is -2.13. The minimum Gasteiger partial charge on any atom is -0.493 e. The van der Waals surface area contributed by atoms with Crippen molar-refractivity contribution in [3.63, 3.8) is 0 Å². The molecule has 1 aromatic heterocycles. The first-order chi connectivity index (χ1) is 12.6. The summed E-state index contributed by atoms with van der Waals surface area (Å²) >= 11 is 12.1. The van der Waals surface area contributed by atoms with Crippen LogP contribution in [0.4, 0.5) is 5.95 Å². The minimum atomic E-state index is 0.178. The molecule has 0 bridgehead atoms. The van der Waals surface area contributed by atoms with Crippen LogP contribution in [0.3, 0.4) is 0 Å². The molecular formula is C16H16Cl2N6O2. The van der Waals surface area contributed by atoms with Gasteiger partial charge >= 0.3 is 0 Å². The van der Waals surface area contributed by atoms with Crippen molar-refractivity contribution in [2.24, 2.45) is 0 Å². The molecule has 0 atom stereocenters. The Labute approximate surface area is 159 Å². The molecule has 3 N–H and O–H groups in total. The zero-order chi connectivity index (χ0) is 18.5. The standard InChI is InChI=1S/C16H16Cl2N6O2/c1-25-15-6-10(8-20-24-16(19)21-22-23-24)2-5-14(15)26-9-11-3-4-12(17)7-13(11)18/h2-7,20H,8-9H2,1H3,(H2,19,21,23). The molecule has 0 spiro atoms. The monoisotopic (exact) mass is 394 g/mol. The number of hydrogen-bond donors (Lipinski definition) is 2. The summed E-state index contributed by atoms with van der Waals surface area (Å²) in [6, 6.07) is 10.8. The summed E-state index contributed by atoms with van der Waals surface area (Å²) in [6.07, 6.45) is 0. The van der Waals surface area contributed by atoms with Crippen LogP contribution in [-0.2, 0) is 13.2 Å². The van der Waals surface area contributed by atoms with Crippen LogP contribution in [0.2, 0.25) is 10.0 Å². The van der Waals surface area contributed by atoms with E-state index in [1.165, 1.54) is 4.79 Å². The van der Waals surface area contributed by atoms with Gasteiger partial charge in [0.15, 0.2) is 11.5 Å². The minimum absolute atomic E-state index is 0.178. The van der Waals surface area contributed by atoms with E-state index in [4.69, 9.17) is 38.4 Å². The van der Waals surface area contributed by atoms with Crippen LogP contribution in [0, 0.1) is 0 Å². The quantitative estimate of drug-likeness (QED) is 0.635. The van der Waals surface area contributed by atoms with E-state index in [0.717, 1.165) is 11.1 Å². The Hall–Kier alpha value is -2.71. The van der Waals surface area contributed by atoms with Gasteiger partial charge in [-0.15, -0.1) is 4.79 Å². The smallest absolute Gasteiger partial charge is 0.260 e. The molecule has 26 heavy (non-hydrogen) atoms. The summed E-state index contributed by atoms with van der Waals surface area (Å²) in [5, 5.41) is 11.9. The van der Waals surface area contributed by atoms with Gasteiger partial charge in [-0.1, -0.05) is 40.4 Å². The van der Waals surface area contributed by atoms with Crippen LogP contribution >= 0.6 is 23.2 Å². The number of rotatable bonds is 7. The van der Waals surface area contributed by atoms with Crippen LogP contribution in [0.1, 0.15) is 11.1 Å². The number of hydrogen-bond acceptors (Lipinski definition) is 7. The molecule has 0 fully saturated rings. The molecule has 0 amide bonds. The highest BCUT2D eigenvalue weighted by Gasteiger charge is 2.09. The number of benzene rings is 2. The van der Waals surface area contributed by atoms with Gasteiger partial charge < -0.3 is 20.6 Å². The molecule has 3 aromatic rings. The molecule has 136 valence electrons. The zero-order valence-electron chi connectivity index (χ0n) is 13.8. The highest BCUT2D eigenvalue weighted by atomic mass is 35.5. The third-order valence-corrected chi connectivity index (χ3v) is 4.14. The Kier molecular flexibility index (Phi) is 5.65. The van der Waals surface area contributed by atoms with Crippen LogP contribution in [0.15, 0.2) is 36.4 Å². The summed E-state index contributed by atoms with van der Waals surface area (Å²) in [4.78, 5) is 1.29. The average molecular weight is 395 g/mol. The first-order valence-corrected chi connectivity index (χ1v) is 8.34. The number of ether oxygens (including phenoxy) is 2. The third-order valence-electron chi connectivity index (χ3n) is 3.55. The Morgan fingerprint density at radius 1 is 1.15 bits per heavy atom. The lowest BCUT2D eigenvalue weighted by Crippen LogP contribution is -2.18. The molecular weight excluding hydrogens is 379 g/mol. The molecule has 0 saturated carbocycles. The Bertz CT molecular complexity index is 902. The number of anilines is 1. The van der Waals surface area contributed by atoms with E-state index in [0.29, 0.717) is 34.7 Å². The van der Waals surface area contributed by atoms with Gasteiger partial charge in [0.1, 0.15) is 6.61 Å². The van der Waals surface area contributed by atoms with Crippen molar-refractivity contribution >= 4 is 29.2 Å². The number of halogens is 2. The molecule has 1 heterocycles. The van der Waals surface area contributed by atoms with Gasteiger partial charge in [0.05, 0.1) is 13.7 Å². The number of aromatic nitrogens is 4. The van der Waals surface area contributed by atoms with Gasteiger partial charge in [-0.2, -0.15) is 0 Å². The second kappa shape index (κ2) is 8.11. The number of methoxy groups -OCH3 is 1. The van der Waals surface area contributed by atoms with Crippen LogP contribution < -0.4 is 20.6 Å². The fourth-order valence-corrected chi connectivity index (χ4v) is 2.67. The van der Waals surface area contributed by atoms with E-state index >= 15 is 0 Å². The molecule has 0 saturated heterocycles. The first kappa shape index (κ1) is 18.1. The predicted molar refractivity (Wildman–Crippen MR) is 99.1 cm³/mol. The van der Waals surface area contributed by atoms with Crippen molar-refractivity contribution in [1.82, 2.24) is 20.3 Å². The lowest BCUT2D eigenvalue weighted by molar-refractivity contribution is 0.284. The largest absolute Gasteiger partial charge is 0.493 e. The van der Waals surface area contributed by atoms with E-state index in [1.54, 1.807) is 19.2 Å². The summed E-state index contributed by atoms with van der Waals surface area (Å²) in [5.74, 6) is 1.38. The van der Waals surface area contributed by atoms with Crippen molar-refractivity contribution in [3.8, 4) is 11.5 Å². The van der Waals surface area contributed by atoms with Crippen molar-refractivity contribution in [2.45, 2.75) is 13.2 Å². The number of nitrogen functional groups attached to an aromatic ring is 1. The molecule has 0 radical (unpaired) electrons. The number of tetrazole rings is 1. The lowest BCUT2D eigenvalue weighted by atomic mass is 10.2. The van der Waals surface area contributed by atoms with E-state index in [2.05, 4.69) is 21.0 Å². The van der Waals surface area contributed by atoms with E-state index in [9.17, 15) is 0 Å². The summed E-state index contributed by atoms with van der Waals surface area (Å²) in [7, 11) is 1.58. The number of nitrogens with two attached hydrogens (primary N) is 1. The van der Waals surface area contributed by atoms with Crippen LogP contribution in [0.25, 0.3) is 0 Å². The zero-order valence-corrected chi connectivity index (χ0v) is 15.3. The second-order valence-corrected chi connectivity index (χ2v) is 6.14. The molecule has 8 nitrogen and oxygen atoms in total. The van der Waals surface area contributed by atoms with Gasteiger partial charge in [-0.3, -0.25) is 0 Å². The normalized spacial score (nSPS) is 10.6. The molecule has 0 aliphatic carbocycles. The Balaban J connectivity index is 1.67. The Morgan fingerprint density at radius 2 is 2.00 bits per heavy atom. The van der Waals surface area contributed by atoms with Crippen LogP contribution in [0.5, 0.6) is 11.5 Å². The fourth-order valence-electron chi connectivity index (χ4n) is 2.21. The van der Waals surface area contributed by atoms with Crippen molar-refractivity contribution in [2.75, 3.05) is 18.3 Å². The van der Waals surface area contributed by atoms with Crippen molar-refractivity contribution in [1.29, 1.82) is 0 Å². The fraction of sp³-hybridized carbons (Fsp3) is 0.188. The maximum absolute atomic E-state index is 6.16. The van der Waals surface area contributed by atoms with Crippen molar-refractivity contribution < 1.29 is 9.47 Å². The maximum Gasteiger partial charge on any atom is 0.260 e. The number of nitrogens with zero attached hydrogens (tertiary/aromatic N) is 4. The number of nitrogens with one attached hydrogen (secondary N) is 1. The predicted octanol–water partition coefficient (Wildman–Crippen LogP) is 2.89. The van der Waals surface area contributed by atoms with Gasteiger partial charge in [-0.25, -0.2) is 0 Å². The summed E-state index contributed by atoms with van der Waals surface area (Å²) in [6.45, 7) is 0.750. The van der Waals surface area contributed by atoms with Gasteiger partial charge in [0.2, 0.25) is 0 Å². The molecule has 3 rings (SSSR count). The first-order valence-electron chi connectivity index (χ1n) is 7.58. The van der Waals surface area contributed by atoms with Gasteiger partial charge in [0, 0.05) is 15.6 Å². The topological polar surface area (TPSA) is 100 Å². The molecule has 0 unspecified atom stereocenters. The van der Waals surface area contributed by atoms with Crippen molar-refractivity contribution in [3.05, 3.63) is 57.6 Å². The molecule has 10 heteroatoms. The maximum atomic E-state index is 6.16. The summed E-state index contributed by atoms with van der Waals surface area (Å²) in [5.41, 5.74) is 10.4. The third kappa shape index (κ3) is 4.27. The second-order valence-electron chi connectivity index (χ2n) is 5.29. The van der Waals surface area contributed by atoms with E-state index in [1.807, 2.05) is 24.3 Å². The average Bonchev–Trinajstić information content (AvgIpc) is 3.04. The van der Waals surface area contributed by atoms with Crippen LogP contribution in [-0.4, -0.2) is 27.4 Å². The molecule has 2 aromatic carbocycles. The van der Waals surface area contributed by atoms with E-state index in [-0.39, 0.29) is 5.95 Å². The van der Waals surface area contributed by atoms with Gasteiger partial charge in [-0.05, 0) is 40.3 Å². The highest BCUT2D eigenvalue weighted by Crippen LogP contribution is 2.30. The molecule has 0 aliphatic heterocycles. The summed E-state index contributed by atoms with van der Waals surface area (Å²) < 4.78 is 11.2. The molecule has 0 aliphatic rings. The Morgan fingerprint density at radius 3 is 2.69 bits per heavy atom. The van der Waals surface area contributed by atoms with E-state index < -0.39 is 0 Å².